The van der Waals surface area contributed by atoms with Crippen molar-refractivity contribution in [1.82, 2.24) is 4.98 Å². The second-order valence-corrected chi connectivity index (χ2v) is 5.97. The first kappa shape index (κ1) is 12.0. The van der Waals surface area contributed by atoms with Gasteiger partial charge >= 0.3 is 0 Å². The van der Waals surface area contributed by atoms with E-state index in [1.165, 1.54) is 0 Å². The van der Waals surface area contributed by atoms with Gasteiger partial charge in [-0.05, 0) is 74.9 Å². The van der Waals surface area contributed by atoms with Gasteiger partial charge in [-0.3, -0.25) is 0 Å². The summed E-state index contributed by atoms with van der Waals surface area (Å²) in [4.78, 5) is 4.47. The topological polar surface area (TPSA) is 52.0 Å². The lowest BCUT2D eigenvalue weighted by Gasteiger charge is -1.99. The third kappa shape index (κ3) is 2.12. The molecule has 0 saturated carbocycles. The molecule has 0 atom stereocenters. The van der Waals surface area contributed by atoms with E-state index in [9.17, 15) is 0 Å². The zero-order valence-corrected chi connectivity index (χ0v) is 12.9. The highest BCUT2D eigenvalue weighted by molar-refractivity contribution is 14.1. The smallest absolute Gasteiger partial charge is 0.228 e. The number of nitrogen functional groups attached to an aromatic ring is 1. The highest BCUT2D eigenvalue weighted by atomic mass is 127. The monoisotopic (exact) mass is 414 g/mol. The Bertz CT molecular complexity index is 739. The van der Waals surface area contributed by atoms with E-state index in [4.69, 9.17) is 10.2 Å². The molecule has 0 unspecified atom stereocenters. The van der Waals surface area contributed by atoms with Crippen molar-refractivity contribution in [2.45, 2.75) is 0 Å². The van der Waals surface area contributed by atoms with Gasteiger partial charge < -0.3 is 10.2 Å². The van der Waals surface area contributed by atoms with E-state index >= 15 is 0 Å². The molecule has 0 aliphatic carbocycles. The van der Waals surface area contributed by atoms with Crippen LogP contribution in [0.4, 0.5) is 5.69 Å². The zero-order valence-electron chi connectivity index (χ0n) is 9.15. The largest absolute Gasteiger partial charge is 0.436 e. The first-order valence-corrected chi connectivity index (χ1v) is 7.12. The lowest BCUT2D eigenvalue weighted by molar-refractivity contribution is 0.619. The van der Waals surface area contributed by atoms with Crippen LogP contribution in [-0.4, -0.2) is 4.98 Å². The molecule has 0 bridgehead atoms. The van der Waals surface area contributed by atoms with Crippen LogP contribution < -0.4 is 5.73 Å². The molecule has 0 spiro atoms. The summed E-state index contributed by atoms with van der Waals surface area (Å²) in [5, 5.41) is 0. The van der Waals surface area contributed by atoms with Crippen LogP contribution in [0.15, 0.2) is 45.3 Å². The molecule has 0 fully saturated rings. The maximum absolute atomic E-state index is 5.74. The molecule has 3 rings (SSSR count). The van der Waals surface area contributed by atoms with Crippen molar-refractivity contribution in [3.63, 3.8) is 0 Å². The second kappa shape index (κ2) is 4.55. The van der Waals surface area contributed by atoms with Crippen LogP contribution in [0, 0.1) is 3.57 Å². The van der Waals surface area contributed by atoms with Crippen molar-refractivity contribution in [2.75, 3.05) is 5.73 Å². The Kier molecular flexibility index (Phi) is 3.03. The van der Waals surface area contributed by atoms with Crippen LogP contribution in [0.25, 0.3) is 22.6 Å². The molecular formula is C13H8BrIN2O. The number of fused-ring (bicyclic) bond motifs is 1. The van der Waals surface area contributed by atoms with E-state index in [2.05, 4.69) is 43.5 Å². The van der Waals surface area contributed by atoms with E-state index in [1.54, 1.807) is 6.07 Å². The lowest BCUT2D eigenvalue weighted by atomic mass is 10.2. The Morgan fingerprint density at radius 2 is 2.00 bits per heavy atom. The minimum atomic E-state index is 0.598. The fourth-order valence-corrected chi connectivity index (χ4v) is 2.63. The van der Waals surface area contributed by atoms with Gasteiger partial charge in [-0.1, -0.05) is 0 Å². The van der Waals surface area contributed by atoms with Gasteiger partial charge in [-0.25, -0.2) is 4.98 Å². The molecule has 0 saturated heterocycles. The highest BCUT2D eigenvalue weighted by Crippen LogP contribution is 2.31. The van der Waals surface area contributed by atoms with E-state index in [1.807, 2.05) is 30.3 Å². The first-order chi connectivity index (χ1) is 8.63. The summed E-state index contributed by atoms with van der Waals surface area (Å²) in [7, 11) is 0. The molecule has 3 aromatic rings. The molecule has 3 nitrogen and oxygen atoms in total. The molecular weight excluding hydrogens is 407 g/mol. The molecule has 0 amide bonds. The Hall–Kier alpha value is -1.08. The third-order valence-corrected chi connectivity index (χ3v) is 3.93. The number of rotatable bonds is 1. The molecule has 1 aromatic heterocycles. The van der Waals surface area contributed by atoms with Crippen LogP contribution in [0.3, 0.4) is 0 Å². The summed E-state index contributed by atoms with van der Waals surface area (Å²) in [6, 6.07) is 11.5. The SMILES string of the molecule is Nc1ccc2oc(-c3cc(I)ccc3Br)nc2c1. The molecule has 18 heavy (non-hydrogen) atoms. The summed E-state index contributed by atoms with van der Waals surface area (Å²) >= 11 is 5.77. The van der Waals surface area contributed by atoms with E-state index in [0.29, 0.717) is 11.6 Å². The zero-order chi connectivity index (χ0) is 12.7. The lowest BCUT2D eigenvalue weighted by Crippen LogP contribution is -1.83. The van der Waals surface area contributed by atoms with Gasteiger partial charge in [0.05, 0.1) is 5.56 Å². The minimum Gasteiger partial charge on any atom is -0.436 e. The van der Waals surface area contributed by atoms with Gasteiger partial charge in [0.2, 0.25) is 5.89 Å². The Morgan fingerprint density at radius 3 is 2.83 bits per heavy atom. The third-order valence-electron chi connectivity index (χ3n) is 2.57. The van der Waals surface area contributed by atoms with Gasteiger partial charge in [-0.2, -0.15) is 0 Å². The van der Waals surface area contributed by atoms with Crippen molar-refractivity contribution < 1.29 is 4.42 Å². The number of aromatic nitrogens is 1. The van der Waals surface area contributed by atoms with Crippen LogP contribution in [0.5, 0.6) is 0 Å². The van der Waals surface area contributed by atoms with Crippen LogP contribution in [0.1, 0.15) is 0 Å². The van der Waals surface area contributed by atoms with Crippen molar-refractivity contribution in [3.05, 3.63) is 44.4 Å². The van der Waals surface area contributed by atoms with Gasteiger partial charge in [0.25, 0.3) is 0 Å². The number of nitrogens with zero attached hydrogens (tertiary/aromatic N) is 1. The molecule has 0 radical (unpaired) electrons. The number of anilines is 1. The van der Waals surface area contributed by atoms with Crippen LogP contribution >= 0.6 is 38.5 Å². The Morgan fingerprint density at radius 1 is 1.17 bits per heavy atom. The quantitative estimate of drug-likeness (QED) is 0.473. The van der Waals surface area contributed by atoms with Crippen molar-refractivity contribution >= 4 is 55.3 Å². The highest BCUT2D eigenvalue weighted by Gasteiger charge is 2.11. The summed E-state index contributed by atoms with van der Waals surface area (Å²) in [5.74, 6) is 0.598. The second-order valence-electron chi connectivity index (χ2n) is 3.87. The number of hydrogen-bond acceptors (Lipinski definition) is 3. The molecule has 1 heterocycles. The fourth-order valence-electron chi connectivity index (χ4n) is 1.72. The summed E-state index contributed by atoms with van der Waals surface area (Å²) in [6.07, 6.45) is 0. The Balaban J connectivity index is 2.22. The van der Waals surface area contributed by atoms with Crippen molar-refractivity contribution in [1.29, 1.82) is 0 Å². The van der Waals surface area contributed by atoms with Crippen molar-refractivity contribution in [3.8, 4) is 11.5 Å². The van der Waals surface area contributed by atoms with Crippen molar-refractivity contribution in [2.24, 2.45) is 0 Å². The molecule has 2 N–H and O–H groups in total. The average Bonchev–Trinajstić information content (AvgIpc) is 2.74. The number of hydrogen-bond donors (Lipinski definition) is 1. The maximum Gasteiger partial charge on any atom is 0.228 e. The number of halogens is 2. The fraction of sp³-hybridized carbons (Fsp3) is 0. The summed E-state index contributed by atoms with van der Waals surface area (Å²) in [5.41, 5.74) is 8.87. The molecule has 0 aliphatic heterocycles. The normalized spacial score (nSPS) is 11.0. The molecule has 2 aromatic carbocycles. The molecule has 90 valence electrons. The predicted molar refractivity (Wildman–Crippen MR) is 84.3 cm³/mol. The predicted octanol–water partition coefficient (Wildman–Crippen LogP) is 4.44. The van der Waals surface area contributed by atoms with Crippen LogP contribution in [-0.2, 0) is 0 Å². The number of benzene rings is 2. The first-order valence-electron chi connectivity index (χ1n) is 5.25. The average molecular weight is 415 g/mol. The maximum atomic E-state index is 5.74. The summed E-state index contributed by atoms with van der Waals surface area (Å²) < 4.78 is 7.84. The molecule has 5 heteroatoms. The number of oxazole rings is 1. The van der Waals surface area contributed by atoms with E-state index in [-0.39, 0.29) is 0 Å². The van der Waals surface area contributed by atoms with Gasteiger partial charge in [0, 0.05) is 13.7 Å². The molecule has 0 aliphatic rings. The van der Waals surface area contributed by atoms with Gasteiger partial charge in [0.15, 0.2) is 5.58 Å². The van der Waals surface area contributed by atoms with E-state index in [0.717, 1.165) is 24.7 Å². The van der Waals surface area contributed by atoms with Gasteiger partial charge in [0.1, 0.15) is 5.52 Å². The summed E-state index contributed by atoms with van der Waals surface area (Å²) in [6.45, 7) is 0. The van der Waals surface area contributed by atoms with Crippen LogP contribution in [0.2, 0.25) is 0 Å². The number of nitrogens with two attached hydrogens (primary N) is 1. The van der Waals surface area contributed by atoms with Gasteiger partial charge in [-0.15, -0.1) is 0 Å². The Labute approximate surface area is 126 Å². The minimum absolute atomic E-state index is 0.598. The standard InChI is InChI=1S/C13H8BrIN2O/c14-10-3-1-7(15)5-9(10)13-17-11-6-8(16)2-4-12(11)18-13/h1-6H,16H2. The van der Waals surface area contributed by atoms with E-state index < -0.39 is 0 Å².